The van der Waals surface area contributed by atoms with E-state index < -0.39 is 5.97 Å². The first-order valence-electron chi connectivity index (χ1n) is 13.4. The van der Waals surface area contributed by atoms with E-state index in [4.69, 9.17) is 5.11 Å². The van der Waals surface area contributed by atoms with Crippen LogP contribution in [0, 0.1) is 0 Å². The topological polar surface area (TPSA) is 86.7 Å². The molecule has 0 spiro atoms. The minimum atomic E-state index is -1.15. The van der Waals surface area contributed by atoms with Gasteiger partial charge in [-0.3, -0.25) is 9.59 Å². The zero-order chi connectivity index (χ0) is 27.0. The maximum absolute atomic E-state index is 12.1. The fraction of sp³-hybridized carbons (Fsp3) is 0.452. The Morgan fingerprint density at radius 3 is 1.81 bits per heavy atom. The van der Waals surface area contributed by atoms with Crippen LogP contribution in [0.5, 0.6) is 0 Å². The number of likely N-dealkylation sites (tertiary alicyclic amines) is 1. The smallest absolute Gasteiger partial charge is 0.328 e. The summed E-state index contributed by atoms with van der Waals surface area (Å²) in [6.07, 6.45) is 36.3. The number of carboxylic acid groups (broad SMARTS) is 1. The molecule has 0 aromatic rings. The van der Waals surface area contributed by atoms with Crippen molar-refractivity contribution in [2.24, 2.45) is 0 Å². The third-order valence-electron chi connectivity index (χ3n) is 5.70. The summed E-state index contributed by atoms with van der Waals surface area (Å²) in [5, 5.41) is 11.6. The largest absolute Gasteiger partial charge is 0.478 e. The molecule has 1 unspecified atom stereocenters. The number of nitrogens with one attached hydrogen (secondary N) is 1. The van der Waals surface area contributed by atoms with Crippen LogP contribution < -0.4 is 5.32 Å². The van der Waals surface area contributed by atoms with E-state index in [0.29, 0.717) is 25.9 Å². The van der Waals surface area contributed by atoms with Gasteiger partial charge in [0.1, 0.15) is 0 Å². The van der Waals surface area contributed by atoms with Gasteiger partial charge >= 0.3 is 5.97 Å². The standard InChI is InChI=1S/C31H44N2O4/c1-2-3-4-5-6-7-8-9-10-11-12-13-14-15-16-17-18-19-20-23-29(34)32-27-28-22-21-26-33(28)30(35)24-25-31(36)37/h3-4,6-7,9-10,12-13,15-16,18-19,24-25,28H,2,5,8,11,14,17,20-23,26-27H2,1H3,(H,32,34)(H,36,37). The molecule has 1 atom stereocenters. The molecular weight excluding hydrogens is 464 g/mol. The average molecular weight is 509 g/mol. The van der Waals surface area contributed by atoms with Crippen LogP contribution in [-0.2, 0) is 14.4 Å². The Bertz CT molecular complexity index is 878. The van der Waals surface area contributed by atoms with E-state index in [0.717, 1.165) is 63.5 Å². The highest BCUT2D eigenvalue weighted by molar-refractivity contribution is 5.94. The van der Waals surface area contributed by atoms with E-state index >= 15 is 0 Å². The predicted octanol–water partition coefficient (Wildman–Crippen LogP) is 6.21. The zero-order valence-electron chi connectivity index (χ0n) is 22.3. The lowest BCUT2D eigenvalue weighted by atomic mass is 10.2. The van der Waals surface area contributed by atoms with Crippen LogP contribution in [0.1, 0.15) is 71.1 Å². The monoisotopic (exact) mass is 508 g/mol. The van der Waals surface area contributed by atoms with Crippen LogP contribution in [0.15, 0.2) is 85.1 Å². The SMILES string of the molecule is CCC=CCC=CCC=CCC=CCC=CCC=CCCC(=O)NCC1CCCN1C(=O)C=CC(=O)O. The number of aliphatic carboxylic acids is 1. The van der Waals surface area contributed by atoms with Crippen molar-refractivity contribution in [1.82, 2.24) is 10.2 Å². The third-order valence-corrected chi connectivity index (χ3v) is 5.70. The van der Waals surface area contributed by atoms with Gasteiger partial charge in [0, 0.05) is 37.7 Å². The zero-order valence-corrected chi connectivity index (χ0v) is 22.3. The molecule has 1 aliphatic heterocycles. The van der Waals surface area contributed by atoms with Crippen LogP contribution in [-0.4, -0.2) is 46.9 Å². The predicted molar refractivity (Wildman–Crippen MR) is 152 cm³/mol. The molecule has 0 aromatic carbocycles. The molecule has 1 heterocycles. The van der Waals surface area contributed by atoms with E-state index in [9.17, 15) is 14.4 Å². The number of carbonyl (C=O) groups excluding carboxylic acids is 2. The summed E-state index contributed by atoms with van der Waals surface area (Å²) in [7, 11) is 0. The van der Waals surface area contributed by atoms with Crippen LogP contribution in [0.3, 0.4) is 0 Å². The highest BCUT2D eigenvalue weighted by Crippen LogP contribution is 2.17. The number of hydrogen-bond acceptors (Lipinski definition) is 3. The minimum Gasteiger partial charge on any atom is -0.478 e. The minimum absolute atomic E-state index is 0.0418. The number of hydrogen-bond donors (Lipinski definition) is 2. The molecule has 2 amide bonds. The number of carbonyl (C=O) groups is 3. The Morgan fingerprint density at radius 1 is 0.784 bits per heavy atom. The van der Waals surface area contributed by atoms with Crippen molar-refractivity contribution in [1.29, 1.82) is 0 Å². The molecule has 6 heteroatoms. The first kappa shape index (κ1) is 31.6. The maximum atomic E-state index is 12.1. The Hall–Kier alpha value is -3.41. The van der Waals surface area contributed by atoms with E-state index in [1.54, 1.807) is 4.90 Å². The van der Waals surface area contributed by atoms with Gasteiger partial charge in [-0.25, -0.2) is 4.79 Å². The summed E-state index contributed by atoms with van der Waals surface area (Å²) < 4.78 is 0. The molecule has 0 aromatic heterocycles. The summed E-state index contributed by atoms with van der Waals surface area (Å²) in [6, 6.07) is -0.0826. The van der Waals surface area contributed by atoms with E-state index in [1.165, 1.54) is 0 Å². The van der Waals surface area contributed by atoms with Crippen molar-refractivity contribution in [3.05, 3.63) is 85.1 Å². The molecule has 0 bridgehead atoms. The first-order chi connectivity index (χ1) is 18.0. The Morgan fingerprint density at radius 2 is 1.30 bits per heavy atom. The summed E-state index contributed by atoms with van der Waals surface area (Å²) >= 11 is 0. The lowest BCUT2D eigenvalue weighted by Gasteiger charge is -2.23. The highest BCUT2D eigenvalue weighted by atomic mass is 16.4. The molecule has 37 heavy (non-hydrogen) atoms. The molecule has 2 N–H and O–H groups in total. The molecule has 1 fully saturated rings. The summed E-state index contributed by atoms with van der Waals surface area (Å²) in [4.78, 5) is 36.4. The number of carboxylic acids is 1. The summed E-state index contributed by atoms with van der Waals surface area (Å²) in [5.41, 5.74) is 0. The van der Waals surface area contributed by atoms with E-state index in [1.807, 2.05) is 6.08 Å². The fourth-order valence-electron chi connectivity index (χ4n) is 3.75. The van der Waals surface area contributed by atoms with Gasteiger partial charge in [0.15, 0.2) is 0 Å². The highest BCUT2D eigenvalue weighted by Gasteiger charge is 2.27. The third kappa shape index (κ3) is 17.6. The number of rotatable bonds is 18. The van der Waals surface area contributed by atoms with Crippen molar-refractivity contribution >= 4 is 17.8 Å². The van der Waals surface area contributed by atoms with Crippen molar-refractivity contribution in [2.45, 2.75) is 77.2 Å². The van der Waals surface area contributed by atoms with Crippen molar-refractivity contribution < 1.29 is 19.5 Å². The summed E-state index contributed by atoms with van der Waals surface area (Å²) in [6.45, 7) is 3.13. The second-order valence-electron chi connectivity index (χ2n) is 8.76. The van der Waals surface area contributed by atoms with Crippen LogP contribution >= 0.6 is 0 Å². The summed E-state index contributed by atoms with van der Waals surface area (Å²) in [5.74, 6) is -1.51. The normalized spacial score (nSPS) is 16.8. The first-order valence-corrected chi connectivity index (χ1v) is 13.4. The molecule has 6 nitrogen and oxygen atoms in total. The van der Waals surface area contributed by atoms with Gasteiger partial charge in [-0.1, -0.05) is 79.8 Å². The molecule has 1 rings (SSSR count). The number of allylic oxidation sites excluding steroid dienone is 12. The van der Waals surface area contributed by atoms with E-state index in [-0.39, 0.29) is 17.9 Å². The molecular formula is C31H44N2O4. The molecule has 0 aliphatic carbocycles. The Labute approximate surface area is 222 Å². The van der Waals surface area contributed by atoms with Gasteiger partial charge in [0.25, 0.3) is 0 Å². The Balaban J connectivity index is 2.08. The molecule has 1 saturated heterocycles. The van der Waals surface area contributed by atoms with Gasteiger partial charge in [-0.2, -0.15) is 0 Å². The maximum Gasteiger partial charge on any atom is 0.328 e. The van der Waals surface area contributed by atoms with Crippen LogP contribution in [0.2, 0.25) is 0 Å². The Kier molecular flexibility index (Phi) is 18.7. The second-order valence-corrected chi connectivity index (χ2v) is 8.76. The van der Waals surface area contributed by atoms with Crippen molar-refractivity contribution in [3.8, 4) is 0 Å². The van der Waals surface area contributed by atoms with Gasteiger partial charge in [0.05, 0.1) is 0 Å². The van der Waals surface area contributed by atoms with Gasteiger partial charge in [-0.05, 0) is 57.8 Å². The molecule has 0 radical (unpaired) electrons. The van der Waals surface area contributed by atoms with Gasteiger partial charge in [0.2, 0.25) is 11.8 Å². The second kappa shape index (κ2) is 21.8. The number of nitrogens with zero attached hydrogens (tertiary/aromatic N) is 1. The van der Waals surface area contributed by atoms with Crippen LogP contribution in [0.25, 0.3) is 0 Å². The molecule has 1 aliphatic rings. The van der Waals surface area contributed by atoms with Gasteiger partial charge in [-0.15, -0.1) is 0 Å². The average Bonchev–Trinajstić information content (AvgIpc) is 3.36. The van der Waals surface area contributed by atoms with Crippen molar-refractivity contribution in [3.63, 3.8) is 0 Å². The molecule has 202 valence electrons. The lowest BCUT2D eigenvalue weighted by Crippen LogP contribution is -2.42. The van der Waals surface area contributed by atoms with Crippen LogP contribution in [0.4, 0.5) is 0 Å². The quantitative estimate of drug-likeness (QED) is 0.170. The molecule has 0 saturated carbocycles. The number of amides is 2. The lowest BCUT2D eigenvalue weighted by molar-refractivity contribution is -0.132. The van der Waals surface area contributed by atoms with Gasteiger partial charge < -0.3 is 15.3 Å². The fourth-order valence-corrected chi connectivity index (χ4v) is 3.75. The van der Waals surface area contributed by atoms with Crippen molar-refractivity contribution in [2.75, 3.05) is 13.1 Å². The van der Waals surface area contributed by atoms with E-state index in [2.05, 4.69) is 79.1 Å².